The van der Waals surface area contributed by atoms with Crippen LogP contribution in [0.5, 0.6) is 0 Å². The van der Waals surface area contributed by atoms with Crippen molar-refractivity contribution in [2.75, 3.05) is 26.2 Å². The van der Waals surface area contributed by atoms with Gasteiger partial charge in [0.1, 0.15) is 5.54 Å². The molecule has 0 aromatic rings. The van der Waals surface area contributed by atoms with Gasteiger partial charge in [0.05, 0.1) is 18.3 Å². The molecule has 0 spiro atoms. The van der Waals surface area contributed by atoms with Gasteiger partial charge in [-0.3, -0.25) is 10.2 Å². The minimum absolute atomic E-state index is 0.323. The Labute approximate surface area is 124 Å². The van der Waals surface area contributed by atoms with E-state index >= 15 is 0 Å². The van der Waals surface area contributed by atoms with Crippen LogP contribution in [0.25, 0.3) is 0 Å². The summed E-state index contributed by atoms with van der Waals surface area (Å²) in [5, 5.41) is 12.9. The number of nitrogens with one attached hydrogen (secondary N) is 1. The molecule has 116 valence electrons. The first kappa shape index (κ1) is 17.4. The van der Waals surface area contributed by atoms with Gasteiger partial charge in [0.25, 0.3) is 0 Å². The van der Waals surface area contributed by atoms with Crippen molar-refractivity contribution in [1.29, 1.82) is 5.26 Å². The van der Waals surface area contributed by atoms with E-state index in [1.807, 2.05) is 0 Å². The van der Waals surface area contributed by atoms with Gasteiger partial charge in [0.15, 0.2) is 0 Å². The molecule has 1 rings (SSSR count). The number of ether oxygens (including phenoxy) is 1. The Morgan fingerprint density at radius 1 is 1.30 bits per heavy atom. The van der Waals surface area contributed by atoms with Crippen molar-refractivity contribution in [2.45, 2.75) is 71.1 Å². The molecule has 3 atom stereocenters. The molecule has 1 aliphatic heterocycles. The van der Waals surface area contributed by atoms with E-state index in [2.05, 4.69) is 44.0 Å². The second kappa shape index (κ2) is 8.61. The zero-order valence-corrected chi connectivity index (χ0v) is 13.6. The molecule has 1 heterocycles. The van der Waals surface area contributed by atoms with Crippen LogP contribution >= 0.6 is 0 Å². The molecular weight excluding hydrogens is 250 g/mol. The predicted octanol–water partition coefficient (Wildman–Crippen LogP) is 2.55. The number of morpholine rings is 1. The van der Waals surface area contributed by atoms with Crippen molar-refractivity contribution in [1.82, 2.24) is 10.2 Å². The van der Waals surface area contributed by atoms with Crippen LogP contribution in [0.1, 0.15) is 53.4 Å². The summed E-state index contributed by atoms with van der Waals surface area (Å²) in [6, 6.07) is 2.50. The number of hydrogen-bond acceptors (Lipinski definition) is 4. The van der Waals surface area contributed by atoms with E-state index in [1.165, 1.54) is 0 Å². The molecule has 0 aliphatic carbocycles. The Hall–Kier alpha value is -0.630. The van der Waals surface area contributed by atoms with Crippen LogP contribution in [0, 0.1) is 11.3 Å². The van der Waals surface area contributed by atoms with Gasteiger partial charge in [-0.15, -0.1) is 0 Å². The Kier molecular flexibility index (Phi) is 7.50. The summed E-state index contributed by atoms with van der Waals surface area (Å²) in [4.78, 5) is 2.47. The van der Waals surface area contributed by atoms with Crippen molar-refractivity contribution >= 4 is 0 Å². The highest BCUT2D eigenvalue weighted by Crippen LogP contribution is 2.18. The summed E-state index contributed by atoms with van der Waals surface area (Å²) in [5.41, 5.74) is -0.334. The van der Waals surface area contributed by atoms with Crippen LogP contribution in [0.2, 0.25) is 0 Å². The lowest BCUT2D eigenvalue weighted by atomic mass is 9.91. The van der Waals surface area contributed by atoms with Crippen molar-refractivity contribution in [2.24, 2.45) is 0 Å². The van der Waals surface area contributed by atoms with Gasteiger partial charge >= 0.3 is 0 Å². The SMILES string of the molecule is CCCNC(C#N)(CC)CCCN1C[C@@H](C)O[C@@H](C)C1. The molecule has 0 amide bonds. The van der Waals surface area contributed by atoms with Gasteiger partial charge in [0.2, 0.25) is 0 Å². The van der Waals surface area contributed by atoms with E-state index in [1.54, 1.807) is 0 Å². The summed E-state index contributed by atoms with van der Waals surface area (Å²) in [6.45, 7) is 12.5. The van der Waals surface area contributed by atoms with Crippen LogP contribution in [-0.2, 0) is 4.74 Å². The molecule has 1 saturated heterocycles. The molecular formula is C16H31N3O. The van der Waals surface area contributed by atoms with E-state index in [0.29, 0.717) is 12.2 Å². The van der Waals surface area contributed by atoms with Gasteiger partial charge in [-0.2, -0.15) is 5.26 Å². The van der Waals surface area contributed by atoms with Crippen LogP contribution in [0.15, 0.2) is 0 Å². The minimum atomic E-state index is -0.334. The molecule has 1 unspecified atom stereocenters. The molecule has 0 saturated carbocycles. The summed E-state index contributed by atoms with van der Waals surface area (Å²) in [6.07, 6.45) is 4.59. The summed E-state index contributed by atoms with van der Waals surface area (Å²) >= 11 is 0. The fraction of sp³-hybridized carbons (Fsp3) is 0.938. The molecule has 0 aromatic carbocycles. The second-order valence-electron chi connectivity index (χ2n) is 6.09. The van der Waals surface area contributed by atoms with Gasteiger partial charge in [-0.25, -0.2) is 0 Å². The van der Waals surface area contributed by atoms with E-state index in [0.717, 1.165) is 51.9 Å². The average molecular weight is 281 g/mol. The zero-order valence-electron chi connectivity index (χ0n) is 13.6. The Bertz CT molecular complexity index is 305. The highest BCUT2D eigenvalue weighted by atomic mass is 16.5. The van der Waals surface area contributed by atoms with E-state index in [4.69, 9.17) is 4.74 Å². The Balaban J connectivity index is 2.38. The molecule has 4 nitrogen and oxygen atoms in total. The first-order valence-electron chi connectivity index (χ1n) is 8.09. The lowest BCUT2D eigenvalue weighted by molar-refractivity contribution is -0.0683. The number of nitriles is 1. The fourth-order valence-corrected chi connectivity index (χ4v) is 3.00. The molecule has 0 bridgehead atoms. The smallest absolute Gasteiger partial charge is 0.106 e. The predicted molar refractivity (Wildman–Crippen MR) is 82.6 cm³/mol. The third kappa shape index (κ3) is 5.40. The fourth-order valence-electron chi connectivity index (χ4n) is 3.00. The van der Waals surface area contributed by atoms with Crippen molar-refractivity contribution in [3.05, 3.63) is 0 Å². The van der Waals surface area contributed by atoms with Crippen molar-refractivity contribution < 1.29 is 4.74 Å². The topological polar surface area (TPSA) is 48.3 Å². The standard InChI is InChI=1S/C16H31N3O/c1-5-9-18-16(6-2,13-17)8-7-10-19-11-14(3)20-15(4)12-19/h14-15,18H,5-12H2,1-4H3/t14-,15+,16?. The van der Waals surface area contributed by atoms with E-state index in [9.17, 15) is 5.26 Å². The second-order valence-corrected chi connectivity index (χ2v) is 6.09. The Morgan fingerprint density at radius 2 is 1.95 bits per heavy atom. The summed E-state index contributed by atoms with van der Waals surface area (Å²) in [5.74, 6) is 0. The maximum Gasteiger partial charge on any atom is 0.106 e. The van der Waals surface area contributed by atoms with Crippen molar-refractivity contribution in [3.63, 3.8) is 0 Å². The van der Waals surface area contributed by atoms with E-state index in [-0.39, 0.29) is 5.54 Å². The quantitative estimate of drug-likeness (QED) is 0.743. The molecule has 1 fully saturated rings. The molecule has 4 heteroatoms. The van der Waals surface area contributed by atoms with Gasteiger partial charge in [-0.05, 0) is 52.6 Å². The maximum absolute atomic E-state index is 9.48. The van der Waals surface area contributed by atoms with Gasteiger partial charge in [0, 0.05) is 13.1 Å². The molecule has 1 N–H and O–H groups in total. The number of hydrogen-bond donors (Lipinski definition) is 1. The van der Waals surface area contributed by atoms with Gasteiger partial charge < -0.3 is 4.74 Å². The number of nitrogens with zero attached hydrogens (tertiary/aromatic N) is 2. The lowest BCUT2D eigenvalue weighted by Gasteiger charge is -2.36. The highest BCUT2D eigenvalue weighted by Gasteiger charge is 2.27. The van der Waals surface area contributed by atoms with Crippen LogP contribution in [0.4, 0.5) is 0 Å². The summed E-state index contributed by atoms with van der Waals surface area (Å²) in [7, 11) is 0. The third-order valence-electron chi connectivity index (χ3n) is 4.10. The zero-order chi connectivity index (χ0) is 15.0. The van der Waals surface area contributed by atoms with Crippen LogP contribution in [0.3, 0.4) is 0 Å². The minimum Gasteiger partial charge on any atom is -0.373 e. The van der Waals surface area contributed by atoms with Crippen LogP contribution < -0.4 is 5.32 Å². The van der Waals surface area contributed by atoms with Gasteiger partial charge in [-0.1, -0.05) is 13.8 Å². The first-order chi connectivity index (χ1) is 9.55. The first-order valence-corrected chi connectivity index (χ1v) is 8.09. The molecule has 0 aromatic heterocycles. The normalized spacial score (nSPS) is 26.9. The molecule has 1 aliphatic rings. The summed E-state index contributed by atoms with van der Waals surface area (Å²) < 4.78 is 5.75. The Morgan fingerprint density at radius 3 is 2.45 bits per heavy atom. The van der Waals surface area contributed by atoms with Crippen LogP contribution in [-0.4, -0.2) is 48.8 Å². The monoisotopic (exact) mass is 281 g/mol. The molecule has 0 radical (unpaired) electrons. The maximum atomic E-state index is 9.48. The largest absolute Gasteiger partial charge is 0.373 e. The lowest BCUT2D eigenvalue weighted by Crippen LogP contribution is -2.47. The van der Waals surface area contributed by atoms with Crippen molar-refractivity contribution in [3.8, 4) is 6.07 Å². The number of rotatable bonds is 8. The third-order valence-corrected chi connectivity index (χ3v) is 4.10. The molecule has 20 heavy (non-hydrogen) atoms. The average Bonchev–Trinajstić information content (AvgIpc) is 2.42. The highest BCUT2D eigenvalue weighted by molar-refractivity contribution is 5.06. The van der Waals surface area contributed by atoms with E-state index < -0.39 is 0 Å².